The summed E-state index contributed by atoms with van der Waals surface area (Å²) in [4.78, 5) is 9.26. The normalized spacial score (nSPS) is 13.2. The van der Waals surface area contributed by atoms with Crippen LogP contribution in [0.3, 0.4) is 0 Å². The summed E-state index contributed by atoms with van der Waals surface area (Å²) in [5.41, 5.74) is 0. The van der Waals surface area contributed by atoms with Crippen LogP contribution in [0.15, 0.2) is 17.5 Å². The van der Waals surface area contributed by atoms with Crippen molar-refractivity contribution in [3.63, 3.8) is 0 Å². The molecule has 1 unspecified atom stereocenters. The van der Waals surface area contributed by atoms with Gasteiger partial charge in [0, 0.05) is 17.8 Å². The molecule has 3 aromatic heterocycles. The maximum Gasteiger partial charge on any atom is 0.230 e. The Morgan fingerprint density at radius 3 is 2.78 bits per heavy atom. The fourth-order valence-corrected chi connectivity index (χ4v) is 4.71. The lowest BCUT2D eigenvalue weighted by Gasteiger charge is -2.28. The summed E-state index contributed by atoms with van der Waals surface area (Å²) in [7, 11) is 0. The molecule has 3 rings (SSSR count). The van der Waals surface area contributed by atoms with Gasteiger partial charge in [0.2, 0.25) is 10.8 Å². The predicted octanol–water partition coefficient (Wildman–Crippen LogP) is 2.52. The Labute approximate surface area is 142 Å². The van der Waals surface area contributed by atoms with Crippen molar-refractivity contribution >= 4 is 27.6 Å². The number of aromatic nitrogens is 3. The number of thiophene rings is 1. The molecule has 0 spiro atoms. The molecule has 6 nitrogen and oxygen atoms in total. The summed E-state index contributed by atoms with van der Waals surface area (Å²) < 4.78 is 1.52. The molecular weight excluding hydrogens is 332 g/mol. The van der Waals surface area contributed by atoms with Crippen LogP contribution in [0.4, 0.5) is 0 Å². The van der Waals surface area contributed by atoms with Crippen LogP contribution in [0.2, 0.25) is 0 Å². The van der Waals surface area contributed by atoms with E-state index < -0.39 is 0 Å². The van der Waals surface area contributed by atoms with Crippen molar-refractivity contribution in [1.29, 1.82) is 0 Å². The fourth-order valence-electron chi connectivity index (χ4n) is 2.64. The molecule has 1 atom stereocenters. The Hall–Kier alpha value is -1.48. The number of aliphatic hydroxyl groups is 1. The molecule has 0 aliphatic carbocycles. The van der Waals surface area contributed by atoms with E-state index in [9.17, 15) is 10.2 Å². The summed E-state index contributed by atoms with van der Waals surface area (Å²) in [5, 5.41) is 26.4. The minimum Gasteiger partial charge on any atom is -0.492 e. The smallest absolute Gasteiger partial charge is 0.230 e. The lowest BCUT2D eigenvalue weighted by atomic mass is 10.1. The first-order valence-corrected chi connectivity index (χ1v) is 9.34. The Morgan fingerprint density at radius 2 is 2.22 bits per heavy atom. The molecule has 0 aliphatic heterocycles. The van der Waals surface area contributed by atoms with Crippen molar-refractivity contribution in [2.75, 3.05) is 19.7 Å². The van der Waals surface area contributed by atoms with Crippen molar-refractivity contribution < 1.29 is 10.2 Å². The average molecular weight is 352 g/mol. The number of aromatic hydroxyl groups is 1. The number of hydrogen-bond donors (Lipinski definition) is 2. The van der Waals surface area contributed by atoms with Gasteiger partial charge in [0.25, 0.3) is 0 Å². The molecule has 0 saturated heterocycles. The van der Waals surface area contributed by atoms with Gasteiger partial charge < -0.3 is 10.2 Å². The molecule has 0 saturated carbocycles. The zero-order chi connectivity index (χ0) is 16.4. The minimum atomic E-state index is -0.0919. The van der Waals surface area contributed by atoms with Gasteiger partial charge in [-0.25, -0.2) is 4.98 Å². The van der Waals surface area contributed by atoms with Crippen LogP contribution in [0.25, 0.3) is 4.96 Å². The Balaban J connectivity index is 2.09. The van der Waals surface area contributed by atoms with E-state index in [0.29, 0.717) is 11.5 Å². The number of aliphatic hydroxyl groups excluding tert-OH is 1. The van der Waals surface area contributed by atoms with E-state index in [2.05, 4.69) is 28.0 Å². The van der Waals surface area contributed by atoms with Gasteiger partial charge in [0.15, 0.2) is 5.82 Å². The summed E-state index contributed by atoms with van der Waals surface area (Å²) in [5.74, 6) is 0.875. The number of likely N-dealkylation sites (N-methyl/N-ethyl adjacent to an activating group) is 1. The van der Waals surface area contributed by atoms with Crippen molar-refractivity contribution in [2.24, 2.45) is 0 Å². The maximum atomic E-state index is 10.7. The standard InChI is InChI=1S/C15H20N4O2S2/c1-3-11-16-15-19(17-11)14(21)13(23-15)12(10-6-5-9-22-10)18(4-2)7-8-20/h5-6,9,12,20-21H,3-4,7-8H2,1-2H3. The second-order valence-corrected chi connectivity index (χ2v) is 7.12. The second kappa shape index (κ2) is 6.96. The minimum absolute atomic E-state index is 0.0806. The van der Waals surface area contributed by atoms with Crippen molar-refractivity contribution in [3.8, 4) is 5.88 Å². The summed E-state index contributed by atoms with van der Waals surface area (Å²) in [6.07, 6.45) is 0.739. The summed E-state index contributed by atoms with van der Waals surface area (Å²) in [6, 6.07) is 3.97. The molecule has 0 aliphatic rings. The van der Waals surface area contributed by atoms with E-state index in [-0.39, 0.29) is 18.5 Å². The third kappa shape index (κ3) is 2.99. The number of fused-ring (bicyclic) bond motifs is 1. The van der Waals surface area contributed by atoms with Gasteiger partial charge in [-0.1, -0.05) is 31.3 Å². The van der Waals surface area contributed by atoms with E-state index in [0.717, 1.165) is 28.5 Å². The Bertz CT molecular complexity index is 766. The number of nitrogens with zero attached hydrogens (tertiary/aromatic N) is 4. The highest BCUT2D eigenvalue weighted by Gasteiger charge is 2.29. The van der Waals surface area contributed by atoms with E-state index in [1.54, 1.807) is 11.3 Å². The first kappa shape index (κ1) is 16.4. The van der Waals surface area contributed by atoms with Gasteiger partial charge in [-0.05, 0) is 18.0 Å². The molecule has 0 fully saturated rings. The molecule has 0 bridgehead atoms. The van der Waals surface area contributed by atoms with Crippen LogP contribution in [0.5, 0.6) is 5.88 Å². The molecule has 0 aromatic carbocycles. The molecular formula is C15H20N4O2S2. The highest BCUT2D eigenvalue weighted by atomic mass is 32.1. The van der Waals surface area contributed by atoms with Crippen LogP contribution < -0.4 is 0 Å². The first-order chi connectivity index (χ1) is 11.2. The highest BCUT2D eigenvalue weighted by Crippen LogP contribution is 2.41. The third-order valence-corrected chi connectivity index (χ3v) is 5.78. The van der Waals surface area contributed by atoms with Crippen molar-refractivity contribution in [2.45, 2.75) is 26.3 Å². The van der Waals surface area contributed by atoms with Crippen LogP contribution >= 0.6 is 22.7 Å². The molecule has 0 radical (unpaired) electrons. The Morgan fingerprint density at radius 1 is 1.39 bits per heavy atom. The summed E-state index contributed by atoms with van der Waals surface area (Å²) in [6.45, 7) is 5.45. The van der Waals surface area contributed by atoms with Gasteiger partial charge in [0.05, 0.1) is 17.5 Å². The molecule has 3 aromatic rings. The summed E-state index contributed by atoms with van der Waals surface area (Å²) >= 11 is 3.11. The first-order valence-electron chi connectivity index (χ1n) is 7.65. The lowest BCUT2D eigenvalue weighted by molar-refractivity contribution is 0.175. The lowest BCUT2D eigenvalue weighted by Crippen LogP contribution is -2.31. The average Bonchev–Trinajstić information content (AvgIpc) is 3.26. The van der Waals surface area contributed by atoms with Gasteiger partial charge in [-0.15, -0.1) is 16.4 Å². The van der Waals surface area contributed by atoms with E-state index in [1.807, 2.05) is 18.4 Å². The van der Waals surface area contributed by atoms with Crippen LogP contribution in [-0.4, -0.2) is 49.4 Å². The third-order valence-electron chi connectivity index (χ3n) is 3.78. The van der Waals surface area contributed by atoms with Gasteiger partial charge in [-0.3, -0.25) is 4.90 Å². The van der Waals surface area contributed by atoms with Crippen molar-refractivity contribution in [3.05, 3.63) is 33.1 Å². The zero-order valence-electron chi connectivity index (χ0n) is 13.1. The molecule has 0 amide bonds. The van der Waals surface area contributed by atoms with Gasteiger partial charge in [0.1, 0.15) is 0 Å². The van der Waals surface area contributed by atoms with E-state index in [4.69, 9.17) is 0 Å². The highest BCUT2D eigenvalue weighted by molar-refractivity contribution is 7.17. The van der Waals surface area contributed by atoms with Gasteiger partial charge >= 0.3 is 0 Å². The van der Waals surface area contributed by atoms with Crippen molar-refractivity contribution in [1.82, 2.24) is 19.5 Å². The molecule has 3 heterocycles. The predicted molar refractivity (Wildman–Crippen MR) is 92.4 cm³/mol. The largest absolute Gasteiger partial charge is 0.492 e. The van der Waals surface area contributed by atoms with Crippen LogP contribution in [0.1, 0.15) is 35.5 Å². The van der Waals surface area contributed by atoms with E-state index >= 15 is 0 Å². The molecule has 2 N–H and O–H groups in total. The monoisotopic (exact) mass is 352 g/mol. The number of aryl methyl sites for hydroxylation is 1. The Kier molecular flexibility index (Phi) is 4.96. The number of hydrogen-bond acceptors (Lipinski definition) is 7. The fraction of sp³-hybridized carbons (Fsp3) is 0.467. The molecule has 8 heteroatoms. The SMILES string of the molecule is CCc1nc2sc(C(c3cccs3)N(CC)CCO)c(O)n2n1. The topological polar surface area (TPSA) is 73.9 Å². The van der Waals surface area contributed by atoms with Crippen LogP contribution in [-0.2, 0) is 6.42 Å². The zero-order valence-corrected chi connectivity index (χ0v) is 14.8. The van der Waals surface area contributed by atoms with Crippen LogP contribution in [0, 0.1) is 0 Å². The number of rotatable bonds is 7. The number of thiazole rings is 1. The quantitative estimate of drug-likeness (QED) is 0.683. The van der Waals surface area contributed by atoms with Gasteiger partial charge in [-0.2, -0.15) is 4.52 Å². The second-order valence-electron chi connectivity index (χ2n) is 5.14. The van der Waals surface area contributed by atoms with E-state index in [1.165, 1.54) is 15.9 Å². The molecule has 23 heavy (non-hydrogen) atoms. The molecule has 124 valence electrons. The maximum absolute atomic E-state index is 10.7.